The topological polar surface area (TPSA) is 57.9 Å². The normalized spacial score (nSPS) is 12.2. The van der Waals surface area contributed by atoms with Gasteiger partial charge in [0, 0.05) is 4.91 Å². The standard InChI is InChI=1S/C7H9NO2S/c1-3-4-7(2)11(9,10)6-5-8/h3-4H,1,6H2,2H3. The number of allylic oxidation sites excluding steroid dienone is 3. The van der Waals surface area contributed by atoms with Gasteiger partial charge in [0.2, 0.25) is 0 Å². The zero-order valence-corrected chi connectivity index (χ0v) is 7.06. The summed E-state index contributed by atoms with van der Waals surface area (Å²) in [6.45, 7) is 4.79. The summed E-state index contributed by atoms with van der Waals surface area (Å²) in [5.41, 5.74) is 0. The zero-order chi connectivity index (χ0) is 8.91. The first-order chi connectivity index (χ1) is 5.04. The molecular formula is C7H9NO2S. The molecule has 0 aliphatic carbocycles. The summed E-state index contributed by atoms with van der Waals surface area (Å²) in [6, 6.07) is 1.58. The van der Waals surface area contributed by atoms with Crippen LogP contribution in [0.1, 0.15) is 6.92 Å². The molecule has 0 atom stereocenters. The van der Waals surface area contributed by atoms with Crippen molar-refractivity contribution in [3.8, 4) is 6.07 Å². The van der Waals surface area contributed by atoms with E-state index in [2.05, 4.69) is 6.58 Å². The van der Waals surface area contributed by atoms with Crippen molar-refractivity contribution in [1.29, 1.82) is 5.26 Å². The van der Waals surface area contributed by atoms with Gasteiger partial charge in [0.05, 0.1) is 6.07 Å². The average molecular weight is 171 g/mol. The van der Waals surface area contributed by atoms with Crippen LogP contribution < -0.4 is 0 Å². The number of nitriles is 1. The van der Waals surface area contributed by atoms with Gasteiger partial charge in [-0.15, -0.1) is 0 Å². The molecular weight excluding hydrogens is 162 g/mol. The molecule has 0 radical (unpaired) electrons. The van der Waals surface area contributed by atoms with Gasteiger partial charge in [0.25, 0.3) is 0 Å². The number of rotatable bonds is 3. The molecule has 0 aromatic heterocycles. The smallest absolute Gasteiger partial charge is 0.187 e. The summed E-state index contributed by atoms with van der Waals surface area (Å²) < 4.78 is 22.0. The van der Waals surface area contributed by atoms with E-state index in [1.165, 1.54) is 19.1 Å². The Morgan fingerprint density at radius 2 is 2.27 bits per heavy atom. The molecule has 0 N–H and O–H groups in total. The lowest BCUT2D eigenvalue weighted by Gasteiger charge is -1.95. The third-order valence-electron chi connectivity index (χ3n) is 1.10. The minimum absolute atomic E-state index is 0.175. The fourth-order valence-corrected chi connectivity index (χ4v) is 1.17. The second-order valence-corrected chi connectivity index (χ2v) is 4.09. The van der Waals surface area contributed by atoms with Gasteiger partial charge < -0.3 is 0 Å². The predicted octanol–water partition coefficient (Wildman–Crippen LogP) is 1.01. The van der Waals surface area contributed by atoms with Crippen molar-refractivity contribution in [2.45, 2.75) is 6.92 Å². The molecule has 0 fully saturated rings. The maximum Gasteiger partial charge on any atom is 0.187 e. The van der Waals surface area contributed by atoms with Gasteiger partial charge in [-0.25, -0.2) is 8.42 Å². The minimum Gasteiger partial charge on any atom is -0.223 e. The SMILES string of the molecule is C=CC=C(C)S(=O)(=O)CC#N. The Hall–Kier alpha value is -1.08. The van der Waals surface area contributed by atoms with Crippen LogP contribution in [0.4, 0.5) is 0 Å². The minimum atomic E-state index is -3.34. The second kappa shape index (κ2) is 3.94. The summed E-state index contributed by atoms with van der Waals surface area (Å²) in [7, 11) is -3.34. The molecule has 0 saturated heterocycles. The second-order valence-electron chi connectivity index (χ2n) is 1.93. The highest BCUT2D eigenvalue weighted by Crippen LogP contribution is 2.05. The highest BCUT2D eigenvalue weighted by molar-refractivity contribution is 7.95. The maximum absolute atomic E-state index is 11.0. The van der Waals surface area contributed by atoms with E-state index in [9.17, 15) is 8.42 Å². The first-order valence-electron chi connectivity index (χ1n) is 2.93. The molecule has 0 rings (SSSR count). The van der Waals surface area contributed by atoms with Gasteiger partial charge in [-0.1, -0.05) is 12.7 Å². The van der Waals surface area contributed by atoms with Gasteiger partial charge in [-0.05, 0) is 13.0 Å². The van der Waals surface area contributed by atoms with Crippen molar-refractivity contribution in [2.24, 2.45) is 0 Å². The Morgan fingerprint density at radius 3 is 2.64 bits per heavy atom. The van der Waals surface area contributed by atoms with Crippen LogP contribution in [0.25, 0.3) is 0 Å². The van der Waals surface area contributed by atoms with Gasteiger partial charge in [0.15, 0.2) is 9.84 Å². The molecule has 0 heterocycles. The zero-order valence-electron chi connectivity index (χ0n) is 6.24. The van der Waals surface area contributed by atoms with Crippen LogP contribution in [0.5, 0.6) is 0 Å². The Morgan fingerprint density at radius 1 is 1.73 bits per heavy atom. The fourth-order valence-electron chi connectivity index (χ4n) is 0.468. The van der Waals surface area contributed by atoms with Gasteiger partial charge >= 0.3 is 0 Å². The molecule has 0 aromatic carbocycles. The Bertz CT molecular complexity index is 306. The Kier molecular flexibility index (Phi) is 3.55. The van der Waals surface area contributed by atoms with Crippen molar-refractivity contribution in [3.05, 3.63) is 23.6 Å². The first-order valence-corrected chi connectivity index (χ1v) is 4.59. The quantitative estimate of drug-likeness (QED) is 0.595. The van der Waals surface area contributed by atoms with Crippen LogP contribution in [0, 0.1) is 11.3 Å². The van der Waals surface area contributed by atoms with Crippen molar-refractivity contribution in [2.75, 3.05) is 5.75 Å². The van der Waals surface area contributed by atoms with Gasteiger partial charge in [0.1, 0.15) is 5.75 Å². The van der Waals surface area contributed by atoms with Crippen LogP contribution >= 0.6 is 0 Å². The largest absolute Gasteiger partial charge is 0.223 e. The van der Waals surface area contributed by atoms with E-state index in [0.717, 1.165) is 0 Å². The van der Waals surface area contributed by atoms with E-state index in [-0.39, 0.29) is 4.91 Å². The lowest BCUT2D eigenvalue weighted by molar-refractivity contribution is 0.605. The van der Waals surface area contributed by atoms with Crippen molar-refractivity contribution in [1.82, 2.24) is 0 Å². The molecule has 60 valence electrons. The van der Waals surface area contributed by atoms with Crippen molar-refractivity contribution >= 4 is 9.84 Å². The van der Waals surface area contributed by atoms with Gasteiger partial charge in [-0.3, -0.25) is 0 Å². The molecule has 0 aromatic rings. The van der Waals surface area contributed by atoms with Crippen LogP contribution in [0.15, 0.2) is 23.6 Å². The number of hydrogen-bond donors (Lipinski definition) is 0. The summed E-state index contributed by atoms with van der Waals surface area (Å²) in [5, 5.41) is 8.14. The Labute approximate surface area is 66.6 Å². The third kappa shape index (κ3) is 3.01. The molecule has 0 amide bonds. The summed E-state index contributed by atoms with van der Waals surface area (Å²) in [4.78, 5) is 0.175. The monoisotopic (exact) mass is 171 g/mol. The van der Waals surface area contributed by atoms with E-state index < -0.39 is 15.6 Å². The van der Waals surface area contributed by atoms with Crippen molar-refractivity contribution in [3.63, 3.8) is 0 Å². The molecule has 0 unspecified atom stereocenters. The summed E-state index contributed by atoms with van der Waals surface area (Å²) >= 11 is 0. The first kappa shape index (κ1) is 9.92. The molecule has 0 saturated carbocycles. The van der Waals surface area contributed by atoms with E-state index in [4.69, 9.17) is 5.26 Å². The molecule has 3 nitrogen and oxygen atoms in total. The number of sulfone groups is 1. The van der Waals surface area contributed by atoms with Crippen LogP contribution in [0.3, 0.4) is 0 Å². The highest BCUT2D eigenvalue weighted by atomic mass is 32.2. The van der Waals surface area contributed by atoms with Crippen LogP contribution in [-0.2, 0) is 9.84 Å². The lowest BCUT2D eigenvalue weighted by atomic mass is 10.5. The summed E-state index contributed by atoms with van der Waals surface area (Å²) in [6.07, 6.45) is 2.75. The number of nitrogens with zero attached hydrogens (tertiary/aromatic N) is 1. The van der Waals surface area contributed by atoms with E-state index in [1.54, 1.807) is 6.07 Å². The molecule has 4 heteroatoms. The van der Waals surface area contributed by atoms with E-state index in [0.29, 0.717) is 0 Å². The van der Waals surface area contributed by atoms with Crippen LogP contribution in [-0.4, -0.2) is 14.2 Å². The summed E-state index contributed by atoms with van der Waals surface area (Å²) in [5.74, 6) is -0.469. The highest BCUT2D eigenvalue weighted by Gasteiger charge is 2.10. The maximum atomic E-state index is 11.0. The molecule has 11 heavy (non-hydrogen) atoms. The average Bonchev–Trinajstić information content (AvgIpc) is 1.88. The Balaban J connectivity index is 4.74. The van der Waals surface area contributed by atoms with E-state index in [1.807, 2.05) is 0 Å². The lowest BCUT2D eigenvalue weighted by Crippen LogP contribution is -2.04. The molecule has 0 aliphatic rings. The molecule has 0 spiro atoms. The predicted molar refractivity (Wildman–Crippen MR) is 43.4 cm³/mol. The number of hydrogen-bond acceptors (Lipinski definition) is 3. The molecule has 0 bridgehead atoms. The van der Waals surface area contributed by atoms with Crippen molar-refractivity contribution < 1.29 is 8.42 Å². The van der Waals surface area contributed by atoms with E-state index >= 15 is 0 Å². The van der Waals surface area contributed by atoms with Gasteiger partial charge in [-0.2, -0.15) is 5.26 Å². The van der Waals surface area contributed by atoms with Crippen LogP contribution in [0.2, 0.25) is 0 Å². The third-order valence-corrected chi connectivity index (χ3v) is 2.72. The fraction of sp³-hybridized carbons (Fsp3) is 0.286. The molecule has 0 aliphatic heterocycles.